The molecule has 31 heavy (non-hydrogen) atoms. The topological polar surface area (TPSA) is 70.1 Å². The van der Waals surface area contributed by atoms with Crippen LogP contribution in [0.4, 0.5) is 0 Å². The molecule has 1 aliphatic rings. The average Bonchev–Trinajstić information content (AvgIpc) is 3.36. The molecule has 0 spiro atoms. The maximum Gasteiger partial charge on any atom is 0.290 e. The third-order valence-corrected chi connectivity index (χ3v) is 6.26. The van der Waals surface area contributed by atoms with Crippen molar-refractivity contribution in [3.8, 4) is 5.75 Å². The van der Waals surface area contributed by atoms with E-state index in [1.165, 1.54) is 11.3 Å². The Bertz CT molecular complexity index is 948. The standard InChI is InChI=1S/C24H30N2O4S/c1-5-25(6-2)12-13-26-21(17-9-7-10-18(15-17)30-16(3)4)20(23(28)24(26)29)22(27)19-11-8-14-31-19/h7-11,14-16,21,28H,5-6,12-13H2,1-4H3. The number of hydrogen-bond donors (Lipinski definition) is 1. The van der Waals surface area contributed by atoms with E-state index in [2.05, 4.69) is 18.7 Å². The molecule has 0 aliphatic carbocycles. The molecule has 0 radical (unpaired) electrons. The van der Waals surface area contributed by atoms with E-state index in [4.69, 9.17) is 4.74 Å². The lowest BCUT2D eigenvalue weighted by Crippen LogP contribution is -2.38. The summed E-state index contributed by atoms with van der Waals surface area (Å²) >= 11 is 1.30. The number of Topliss-reactive ketones (excluding diaryl/α,β-unsaturated/α-hetero) is 1. The van der Waals surface area contributed by atoms with Crippen molar-refractivity contribution in [2.24, 2.45) is 0 Å². The lowest BCUT2D eigenvalue weighted by Gasteiger charge is -2.29. The van der Waals surface area contributed by atoms with E-state index in [0.717, 1.165) is 18.7 Å². The number of likely N-dealkylation sites (N-methyl/N-ethyl adjacent to an activating group) is 1. The first-order valence-electron chi connectivity index (χ1n) is 10.7. The molecule has 166 valence electrons. The van der Waals surface area contributed by atoms with Gasteiger partial charge in [-0.25, -0.2) is 0 Å². The SMILES string of the molecule is CCN(CC)CCN1C(=O)C(O)=C(C(=O)c2cccs2)C1c1cccc(OC(C)C)c1. The fraction of sp³-hybridized carbons (Fsp3) is 0.417. The van der Waals surface area contributed by atoms with Crippen molar-refractivity contribution in [3.05, 3.63) is 63.6 Å². The quantitative estimate of drug-likeness (QED) is 0.550. The second-order valence-electron chi connectivity index (χ2n) is 7.74. The van der Waals surface area contributed by atoms with Crippen LogP contribution in [0.2, 0.25) is 0 Å². The third kappa shape index (κ3) is 4.99. The maximum absolute atomic E-state index is 13.3. The first-order valence-corrected chi connectivity index (χ1v) is 11.6. The van der Waals surface area contributed by atoms with E-state index in [0.29, 0.717) is 23.7 Å². The van der Waals surface area contributed by atoms with E-state index in [1.807, 2.05) is 43.5 Å². The molecule has 0 bridgehead atoms. The average molecular weight is 443 g/mol. The first kappa shape index (κ1) is 23.0. The molecule has 1 N–H and O–H groups in total. The molecule has 1 atom stereocenters. The van der Waals surface area contributed by atoms with Crippen molar-refractivity contribution in [2.75, 3.05) is 26.2 Å². The second-order valence-corrected chi connectivity index (χ2v) is 8.68. The number of ether oxygens (including phenoxy) is 1. The summed E-state index contributed by atoms with van der Waals surface area (Å²) in [6.07, 6.45) is -0.00426. The van der Waals surface area contributed by atoms with E-state index in [9.17, 15) is 14.7 Å². The molecule has 1 aromatic heterocycles. The number of amides is 1. The van der Waals surface area contributed by atoms with Gasteiger partial charge < -0.3 is 19.6 Å². The fourth-order valence-corrected chi connectivity index (χ4v) is 4.50. The Morgan fingerprint density at radius 3 is 2.58 bits per heavy atom. The van der Waals surface area contributed by atoms with Gasteiger partial charge >= 0.3 is 0 Å². The van der Waals surface area contributed by atoms with Gasteiger partial charge in [0.15, 0.2) is 5.76 Å². The predicted octanol–water partition coefficient (Wildman–Crippen LogP) is 4.46. The summed E-state index contributed by atoms with van der Waals surface area (Å²) in [5.41, 5.74) is 0.878. The molecule has 0 fully saturated rings. The van der Waals surface area contributed by atoms with Crippen molar-refractivity contribution >= 4 is 23.0 Å². The summed E-state index contributed by atoms with van der Waals surface area (Å²) in [6.45, 7) is 10.8. The van der Waals surface area contributed by atoms with Crippen LogP contribution in [0.5, 0.6) is 5.75 Å². The van der Waals surface area contributed by atoms with Crippen molar-refractivity contribution < 1.29 is 19.4 Å². The number of ketones is 1. The Morgan fingerprint density at radius 2 is 1.97 bits per heavy atom. The molecule has 0 saturated heterocycles. The van der Waals surface area contributed by atoms with Gasteiger partial charge in [0.2, 0.25) is 5.78 Å². The number of rotatable bonds is 10. The summed E-state index contributed by atoms with van der Waals surface area (Å²) in [7, 11) is 0. The Morgan fingerprint density at radius 1 is 1.23 bits per heavy atom. The lowest BCUT2D eigenvalue weighted by molar-refractivity contribution is -0.129. The second kappa shape index (κ2) is 10.1. The largest absolute Gasteiger partial charge is 0.503 e. The number of aliphatic hydroxyl groups excluding tert-OH is 1. The van der Waals surface area contributed by atoms with Crippen molar-refractivity contribution in [3.63, 3.8) is 0 Å². The molecule has 6 nitrogen and oxygen atoms in total. The summed E-state index contributed by atoms with van der Waals surface area (Å²) in [6, 6.07) is 10.3. The van der Waals surface area contributed by atoms with Crippen LogP contribution in [0, 0.1) is 0 Å². The first-order chi connectivity index (χ1) is 14.9. The molecule has 1 aliphatic heterocycles. The Kier molecular flexibility index (Phi) is 7.51. The summed E-state index contributed by atoms with van der Waals surface area (Å²) in [5, 5.41) is 12.6. The van der Waals surface area contributed by atoms with Crippen molar-refractivity contribution in [1.29, 1.82) is 0 Å². The highest BCUT2D eigenvalue weighted by atomic mass is 32.1. The molecule has 3 rings (SSSR count). The highest BCUT2D eigenvalue weighted by molar-refractivity contribution is 7.12. The van der Waals surface area contributed by atoms with Gasteiger partial charge in [0.05, 0.1) is 22.6 Å². The molecular formula is C24H30N2O4S. The van der Waals surface area contributed by atoms with Gasteiger partial charge in [-0.1, -0.05) is 32.0 Å². The number of benzene rings is 1. The van der Waals surface area contributed by atoms with Gasteiger partial charge in [-0.05, 0) is 56.1 Å². The van der Waals surface area contributed by atoms with Gasteiger partial charge in [-0.15, -0.1) is 11.3 Å². The minimum atomic E-state index is -0.659. The number of thiophene rings is 1. The number of nitrogens with zero attached hydrogens (tertiary/aromatic N) is 2. The predicted molar refractivity (Wildman–Crippen MR) is 123 cm³/mol. The Labute approximate surface area is 187 Å². The number of carbonyl (C=O) groups is 2. The molecule has 2 heterocycles. The summed E-state index contributed by atoms with van der Waals surface area (Å²) in [4.78, 5) is 30.6. The normalized spacial score (nSPS) is 16.6. The molecule has 1 aromatic carbocycles. The van der Waals surface area contributed by atoms with Crippen LogP contribution in [-0.4, -0.2) is 58.9 Å². The minimum Gasteiger partial charge on any atom is -0.503 e. The molecule has 1 unspecified atom stereocenters. The van der Waals surface area contributed by atoms with E-state index >= 15 is 0 Å². The number of carbonyl (C=O) groups excluding carboxylic acids is 2. The van der Waals surface area contributed by atoms with Crippen molar-refractivity contribution in [1.82, 2.24) is 9.80 Å². The third-order valence-electron chi connectivity index (χ3n) is 5.39. The molecule has 7 heteroatoms. The van der Waals surface area contributed by atoms with Gasteiger partial charge in [0.1, 0.15) is 5.75 Å². The van der Waals surface area contributed by atoms with Crippen LogP contribution in [0.25, 0.3) is 0 Å². The zero-order valence-electron chi connectivity index (χ0n) is 18.5. The maximum atomic E-state index is 13.3. The fourth-order valence-electron chi connectivity index (χ4n) is 3.82. The van der Waals surface area contributed by atoms with Crippen LogP contribution in [-0.2, 0) is 4.79 Å². The van der Waals surface area contributed by atoms with Gasteiger partial charge in [0.25, 0.3) is 5.91 Å². The van der Waals surface area contributed by atoms with E-state index in [1.54, 1.807) is 17.0 Å². The van der Waals surface area contributed by atoms with E-state index in [-0.39, 0.29) is 17.5 Å². The van der Waals surface area contributed by atoms with Crippen molar-refractivity contribution in [2.45, 2.75) is 39.8 Å². The highest BCUT2D eigenvalue weighted by Gasteiger charge is 2.44. The zero-order chi connectivity index (χ0) is 22.5. The summed E-state index contributed by atoms with van der Waals surface area (Å²) in [5.74, 6) is -0.616. The minimum absolute atomic E-state index is 0.00426. The Hall–Kier alpha value is -2.64. The zero-order valence-corrected chi connectivity index (χ0v) is 19.3. The van der Waals surface area contributed by atoms with Gasteiger partial charge in [0, 0.05) is 13.1 Å². The van der Waals surface area contributed by atoms with E-state index < -0.39 is 17.7 Å². The monoisotopic (exact) mass is 442 g/mol. The van der Waals surface area contributed by atoms with Gasteiger partial charge in [-0.3, -0.25) is 9.59 Å². The molecule has 1 amide bonds. The smallest absolute Gasteiger partial charge is 0.290 e. The van der Waals surface area contributed by atoms with Crippen LogP contribution >= 0.6 is 11.3 Å². The molecular weight excluding hydrogens is 412 g/mol. The van der Waals surface area contributed by atoms with Crippen LogP contribution < -0.4 is 4.74 Å². The highest BCUT2D eigenvalue weighted by Crippen LogP contribution is 2.40. The van der Waals surface area contributed by atoms with Gasteiger partial charge in [-0.2, -0.15) is 0 Å². The summed E-state index contributed by atoms with van der Waals surface area (Å²) < 4.78 is 5.83. The van der Waals surface area contributed by atoms with Crippen LogP contribution in [0.15, 0.2) is 53.1 Å². The molecule has 2 aromatic rings. The Balaban J connectivity index is 2.02. The molecule has 0 saturated carbocycles. The number of hydrogen-bond acceptors (Lipinski definition) is 6. The van der Waals surface area contributed by atoms with Crippen LogP contribution in [0.3, 0.4) is 0 Å². The van der Waals surface area contributed by atoms with Crippen LogP contribution in [0.1, 0.15) is 49.0 Å². The lowest BCUT2D eigenvalue weighted by atomic mass is 9.95. The number of aliphatic hydroxyl groups is 1.